The minimum absolute atomic E-state index is 0.105. The summed E-state index contributed by atoms with van der Waals surface area (Å²) in [5.41, 5.74) is 1.47. The number of rotatable bonds is 9. The molecule has 0 radical (unpaired) electrons. The van der Waals surface area contributed by atoms with E-state index in [1.54, 1.807) is 24.3 Å². The summed E-state index contributed by atoms with van der Waals surface area (Å²) >= 11 is 6.09. The van der Waals surface area contributed by atoms with Crippen LogP contribution in [0.2, 0.25) is 5.02 Å². The van der Waals surface area contributed by atoms with Gasteiger partial charge in [0, 0.05) is 5.69 Å². The van der Waals surface area contributed by atoms with Crippen molar-refractivity contribution in [2.45, 2.75) is 17.4 Å². The molecule has 34 heavy (non-hydrogen) atoms. The highest BCUT2D eigenvalue weighted by atomic mass is 35.5. The number of carbonyl (C=O) groups is 2. The molecule has 0 unspecified atom stereocenters. The van der Waals surface area contributed by atoms with Crippen LogP contribution in [0, 0.1) is 0 Å². The molecule has 1 atom stereocenters. The third-order valence-corrected chi connectivity index (χ3v) is 6.67. The highest BCUT2D eigenvalue weighted by Gasteiger charge is 2.27. The molecule has 3 rings (SSSR count). The molecule has 10 heteroatoms. The molecular formula is C24H23ClN2O6S. The van der Waals surface area contributed by atoms with E-state index in [-0.39, 0.29) is 16.3 Å². The van der Waals surface area contributed by atoms with E-state index in [4.69, 9.17) is 16.3 Å². The largest absolute Gasteiger partial charge is 0.495 e. The normalized spacial score (nSPS) is 12.0. The molecule has 0 fully saturated rings. The number of amides is 1. The molecule has 178 valence electrons. The Morgan fingerprint density at radius 3 is 2.24 bits per heavy atom. The Morgan fingerprint density at radius 1 is 0.971 bits per heavy atom. The fraction of sp³-hybridized carbons (Fsp3) is 0.167. The Bertz CT molecular complexity index is 1260. The number of anilines is 1. The fourth-order valence-corrected chi connectivity index (χ4v) is 4.69. The van der Waals surface area contributed by atoms with Crippen LogP contribution in [-0.4, -0.2) is 40.6 Å². The third-order valence-electron chi connectivity index (χ3n) is 4.90. The fourth-order valence-electron chi connectivity index (χ4n) is 3.14. The topological polar surface area (TPSA) is 111 Å². The van der Waals surface area contributed by atoms with E-state index in [0.717, 1.165) is 5.56 Å². The second-order valence-corrected chi connectivity index (χ2v) is 9.34. The van der Waals surface area contributed by atoms with E-state index < -0.39 is 27.9 Å². The van der Waals surface area contributed by atoms with Gasteiger partial charge in [-0.1, -0.05) is 41.9 Å². The van der Waals surface area contributed by atoms with Crippen molar-refractivity contribution >= 4 is 39.2 Å². The summed E-state index contributed by atoms with van der Waals surface area (Å²) in [6.45, 7) is 0. The van der Waals surface area contributed by atoms with Crippen molar-refractivity contribution in [3.63, 3.8) is 0 Å². The second kappa shape index (κ2) is 11.1. The summed E-state index contributed by atoms with van der Waals surface area (Å²) in [6.07, 6.45) is 0.107. The Kier molecular flexibility index (Phi) is 8.27. The van der Waals surface area contributed by atoms with Gasteiger partial charge in [0.2, 0.25) is 15.9 Å². The van der Waals surface area contributed by atoms with Crippen LogP contribution >= 0.6 is 11.6 Å². The van der Waals surface area contributed by atoms with Crippen LogP contribution in [-0.2, 0) is 26.0 Å². The van der Waals surface area contributed by atoms with Gasteiger partial charge in [0.05, 0.1) is 29.7 Å². The first-order valence-electron chi connectivity index (χ1n) is 10.1. The molecule has 3 aromatic rings. The van der Waals surface area contributed by atoms with Crippen molar-refractivity contribution in [1.29, 1.82) is 0 Å². The molecule has 0 aliphatic heterocycles. The monoisotopic (exact) mass is 502 g/mol. The molecule has 8 nitrogen and oxygen atoms in total. The van der Waals surface area contributed by atoms with Crippen LogP contribution in [0.15, 0.2) is 77.7 Å². The molecule has 3 aromatic carbocycles. The molecule has 0 saturated carbocycles. The number of nitrogens with one attached hydrogen (secondary N) is 2. The average Bonchev–Trinajstić information content (AvgIpc) is 2.84. The van der Waals surface area contributed by atoms with E-state index in [1.807, 2.05) is 6.07 Å². The van der Waals surface area contributed by atoms with Gasteiger partial charge < -0.3 is 14.8 Å². The highest BCUT2D eigenvalue weighted by molar-refractivity contribution is 7.89. The quantitative estimate of drug-likeness (QED) is 0.432. The number of ether oxygens (including phenoxy) is 2. The third kappa shape index (κ3) is 6.34. The highest BCUT2D eigenvalue weighted by Crippen LogP contribution is 2.27. The first kappa shape index (κ1) is 25.2. The Morgan fingerprint density at radius 2 is 1.65 bits per heavy atom. The first-order valence-corrected chi connectivity index (χ1v) is 12.0. The summed E-state index contributed by atoms with van der Waals surface area (Å²) in [5.74, 6) is -0.752. The van der Waals surface area contributed by atoms with Crippen molar-refractivity contribution < 1.29 is 27.5 Å². The SMILES string of the molecule is COC(=O)c1ccc(NC(=O)[C@@H](Cc2ccccc2)NS(=O)(=O)c2ccc(OC)c(Cl)c2)cc1. The standard InChI is InChI=1S/C24H23ClN2O6S/c1-32-22-13-12-19(15-20(22)25)34(30,31)27-21(14-16-6-4-3-5-7-16)23(28)26-18-10-8-17(9-11-18)24(29)33-2/h3-13,15,21,27H,14H2,1-2H3,(H,26,28)/t21-/m1/s1. The van der Waals surface area contributed by atoms with Crippen LogP contribution in [0.3, 0.4) is 0 Å². The molecule has 0 heterocycles. The molecule has 0 aromatic heterocycles. The minimum atomic E-state index is -4.10. The number of sulfonamides is 1. The Balaban J connectivity index is 1.85. The van der Waals surface area contributed by atoms with Crippen molar-refractivity contribution in [1.82, 2.24) is 4.72 Å². The zero-order chi connectivity index (χ0) is 24.7. The van der Waals surface area contributed by atoms with E-state index in [9.17, 15) is 18.0 Å². The summed E-state index contributed by atoms with van der Waals surface area (Å²) in [4.78, 5) is 24.6. The molecule has 0 bridgehead atoms. The van der Waals surface area contributed by atoms with Gasteiger partial charge in [0.15, 0.2) is 0 Å². The summed E-state index contributed by atoms with van der Waals surface area (Å²) in [7, 11) is -1.40. The van der Waals surface area contributed by atoms with Crippen molar-refractivity contribution in [3.8, 4) is 5.75 Å². The second-order valence-electron chi connectivity index (χ2n) is 7.22. The van der Waals surface area contributed by atoms with Gasteiger partial charge in [-0.2, -0.15) is 4.72 Å². The lowest BCUT2D eigenvalue weighted by Gasteiger charge is -2.19. The molecule has 1 amide bonds. The van der Waals surface area contributed by atoms with Crippen LogP contribution < -0.4 is 14.8 Å². The van der Waals surface area contributed by atoms with Gasteiger partial charge in [0.1, 0.15) is 11.8 Å². The number of esters is 1. The zero-order valence-electron chi connectivity index (χ0n) is 18.4. The van der Waals surface area contributed by atoms with Crippen LogP contribution in [0.5, 0.6) is 5.75 Å². The van der Waals surface area contributed by atoms with Gasteiger partial charge >= 0.3 is 5.97 Å². The van der Waals surface area contributed by atoms with Crippen LogP contribution in [0.4, 0.5) is 5.69 Å². The number of hydrogen-bond acceptors (Lipinski definition) is 6. The molecule has 0 saturated heterocycles. The van der Waals surface area contributed by atoms with Crippen molar-refractivity contribution in [2.24, 2.45) is 0 Å². The molecular weight excluding hydrogens is 480 g/mol. The maximum atomic E-state index is 13.1. The van der Waals surface area contributed by atoms with E-state index in [2.05, 4.69) is 14.8 Å². The number of hydrogen-bond donors (Lipinski definition) is 2. The van der Waals surface area contributed by atoms with Crippen LogP contribution in [0.1, 0.15) is 15.9 Å². The number of benzene rings is 3. The van der Waals surface area contributed by atoms with E-state index in [0.29, 0.717) is 17.0 Å². The van der Waals surface area contributed by atoms with Gasteiger partial charge in [-0.25, -0.2) is 13.2 Å². The van der Waals surface area contributed by atoms with Crippen molar-refractivity contribution in [2.75, 3.05) is 19.5 Å². The lowest BCUT2D eigenvalue weighted by atomic mass is 10.1. The Labute approximate surface area is 202 Å². The van der Waals surface area contributed by atoms with E-state index in [1.165, 1.54) is 56.7 Å². The van der Waals surface area contributed by atoms with Gasteiger partial charge in [-0.15, -0.1) is 0 Å². The van der Waals surface area contributed by atoms with Gasteiger partial charge in [-0.05, 0) is 54.4 Å². The Hall–Kier alpha value is -3.40. The van der Waals surface area contributed by atoms with Gasteiger partial charge in [-0.3, -0.25) is 4.79 Å². The smallest absolute Gasteiger partial charge is 0.337 e. The van der Waals surface area contributed by atoms with Gasteiger partial charge in [0.25, 0.3) is 0 Å². The zero-order valence-corrected chi connectivity index (χ0v) is 20.0. The summed E-state index contributed by atoms with van der Waals surface area (Å²) in [6, 6.07) is 18.0. The lowest BCUT2D eigenvalue weighted by Crippen LogP contribution is -2.45. The molecule has 2 N–H and O–H groups in total. The van der Waals surface area contributed by atoms with Crippen molar-refractivity contribution in [3.05, 3.63) is 88.9 Å². The summed E-state index contributed by atoms with van der Waals surface area (Å²) < 4.78 is 38.3. The summed E-state index contributed by atoms with van der Waals surface area (Å²) in [5, 5.41) is 2.81. The molecule has 0 spiro atoms. The predicted octanol–water partition coefficient (Wildman–Crippen LogP) is 3.66. The maximum Gasteiger partial charge on any atom is 0.337 e. The number of carbonyl (C=O) groups excluding carboxylic acids is 2. The lowest BCUT2D eigenvalue weighted by molar-refractivity contribution is -0.117. The maximum absolute atomic E-state index is 13.1. The minimum Gasteiger partial charge on any atom is -0.495 e. The van der Waals surface area contributed by atoms with Crippen LogP contribution in [0.25, 0.3) is 0 Å². The first-order chi connectivity index (χ1) is 16.2. The number of methoxy groups -OCH3 is 2. The number of halogens is 1. The predicted molar refractivity (Wildman–Crippen MR) is 129 cm³/mol. The van der Waals surface area contributed by atoms with E-state index >= 15 is 0 Å². The molecule has 0 aliphatic carbocycles. The average molecular weight is 503 g/mol. The molecule has 0 aliphatic rings.